The highest BCUT2D eigenvalue weighted by molar-refractivity contribution is 9.10. The van der Waals surface area contributed by atoms with Crippen molar-refractivity contribution in [3.8, 4) is 0 Å². The van der Waals surface area contributed by atoms with Crippen molar-refractivity contribution in [2.75, 3.05) is 26.2 Å². The molecule has 0 aromatic heterocycles. The molecule has 4 N–H and O–H groups in total. The van der Waals surface area contributed by atoms with Gasteiger partial charge >= 0.3 is 0 Å². The summed E-state index contributed by atoms with van der Waals surface area (Å²) in [4.78, 5) is 2.20. The quantitative estimate of drug-likeness (QED) is 0.843. The minimum Gasteiger partial charge on any atom is -0.329 e. The van der Waals surface area contributed by atoms with Gasteiger partial charge in [-0.3, -0.25) is 4.90 Å². The van der Waals surface area contributed by atoms with Crippen LogP contribution in [0, 0.1) is 0 Å². The second kappa shape index (κ2) is 7.25. The molecule has 90 valence electrons. The van der Waals surface area contributed by atoms with E-state index in [2.05, 4.69) is 20.8 Å². The molecule has 0 saturated carbocycles. The maximum Gasteiger partial charge on any atom is 0.0462 e. The molecule has 0 bridgehead atoms. The Bertz CT molecular complexity index is 327. The predicted octanol–water partition coefficient (Wildman–Crippen LogP) is 1.82. The molecule has 0 saturated heterocycles. The van der Waals surface area contributed by atoms with E-state index in [1.807, 2.05) is 18.2 Å². The molecule has 0 atom stereocenters. The summed E-state index contributed by atoms with van der Waals surface area (Å²) < 4.78 is 0.991. The zero-order valence-corrected chi connectivity index (χ0v) is 11.5. The summed E-state index contributed by atoms with van der Waals surface area (Å²) in [6, 6.07) is 5.91. The average Bonchev–Trinajstić information content (AvgIpc) is 2.23. The third-order valence-electron chi connectivity index (χ3n) is 2.30. The van der Waals surface area contributed by atoms with E-state index >= 15 is 0 Å². The molecule has 0 heterocycles. The molecule has 0 fully saturated rings. The molecule has 1 aromatic carbocycles. The normalized spacial score (nSPS) is 11.1. The SMILES string of the molecule is NCCN(CCN)Cc1ccc(Br)cc1Cl. The van der Waals surface area contributed by atoms with Crippen molar-refractivity contribution in [3.63, 3.8) is 0 Å². The number of nitrogens with two attached hydrogens (primary N) is 2. The smallest absolute Gasteiger partial charge is 0.0462 e. The number of benzene rings is 1. The van der Waals surface area contributed by atoms with E-state index in [-0.39, 0.29) is 0 Å². The van der Waals surface area contributed by atoms with E-state index in [1.54, 1.807) is 0 Å². The topological polar surface area (TPSA) is 55.3 Å². The van der Waals surface area contributed by atoms with E-state index in [1.165, 1.54) is 0 Å². The third-order valence-corrected chi connectivity index (χ3v) is 3.14. The van der Waals surface area contributed by atoms with E-state index in [0.717, 1.165) is 34.7 Å². The summed E-state index contributed by atoms with van der Waals surface area (Å²) in [5.74, 6) is 0. The number of nitrogens with zero attached hydrogens (tertiary/aromatic N) is 1. The van der Waals surface area contributed by atoms with Gasteiger partial charge in [0.15, 0.2) is 0 Å². The predicted molar refractivity (Wildman–Crippen MR) is 72.5 cm³/mol. The van der Waals surface area contributed by atoms with Crippen LogP contribution in [-0.2, 0) is 6.54 Å². The molecule has 3 nitrogen and oxygen atoms in total. The van der Waals surface area contributed by atoms with Crippen LogP contribution < -0.4 is 11.5 Å². The first-order valence-corrected chi connectivity index (χ1v) is 6.41. The largest absolute Gasteiger partial charge is 0.329 e. The fourth-order valence-corrected chi connectivity index (χ4v) is 2.26. The maximum atomic E-state index is 6.15. The molecule has 16 heavy (non-hydrogen) atoms. The van der Waals surface area contributed by atoms with Gasteiger partial charge in [0, 0.05) is 42.2 Å². The van der Waals surface area contributed by atoms with Gasteiger partial charge < -0.3 is 11.5 Å². The van der Waals surface area contributed by atoms with Gasteiger partial charge in [0.2, 0.25) is 0 Å². The first-order valence-electron chi connectivity index (χ1n) is 5.23. The number of rotatable bonds is 6. The lowest BCUT2D eigenvalue weighted by Crippen LogP contribution is -2.33. The van der Waals surface area contributed by atoms with Gasteiger partial charge in [0.05, 0.1) is 0 Å². The van der Waals surface area contributed by atoms with Gasteiger partial charge in [-0.15, -0.1) is 0 Å². The lowest BCUT2D eigenvalue weighted by Gasteiger charge is -2.21. The minimum atomic E-state index is 0.633. The van der Waals surface area contributed by atoms with Crippen LogP contribution in [0.1, 0.15) is 5.56 Å². The van der Waals surface area contributed by atoms with Crippen LogP contribution in [0.3, 0.4) is 0 Å². The van der Waals surface area contributed by atoms with E-state index in [0.29, 0.717) is 13.1 Å². The van der Waals surface area contributed by atoms with Crippen LogP contribution in [0.4, 0.5) is 0 Å². The van der Waals surface area contributed by atoms with Gasteiger partial charge in [-0.2, -0.15) is 0 Å². The third kappa shape index (κ3) is 4.39. The molecule has 0 radical (unpaired) electrons. The molecular weight excluding hydrogens is 289 g/mol. The zero-order valence-electron chi connectivity index (χ0n) is 9.13. The molecule has 0 aliphatic carbocycles. The highest BCUT2D eigenvalue weighted by atomic mass is 79.9. The van der Waals surface area contributed by atoms with Crippen molar-refractivity contribution in [1.82, 2.24) is 4.90 Å². The van der Waals surface area contributed by atoms with E-state index in [4.69, 9.17) is 23.1 Å². The van der Waals surface area contributed by atoms with E-state index < -0.39 is 0 Å². The molecule has 0 spiro atoms. The fourth-order valence-electron chi connectivity index (χ4n) is 1.53. The van der Waals surface area contributed by atoms with Crippen molar-refractivity contribution < 1.29 is 0 Å². The summed E-state index contributed by atoms with van der Waals surface area (Å²) >= 11 is 9.54. The lowest BCUT2D eigenvalue weighted by molar-refractivity contribution is 0.281. The molecule has 0 amide bonds. The van der Waals surface area contributed by atoms with Crippen molar-refractivity contribution in [1.29, 1.82) is 0 Å². The Balaban J connectivity index is 2.68. The average molecular weight is 307 g/mol. The number of halogens is 2. The van der Waals surface area contributed by atoms with Gasteiger partial charge in [0.1, 0.15) is 0 Å². The second-order valence-corrected chi connectivity index (χ2v) is 4.91. The van der Waals surface area contributed by atoms with Crippen molar-refractivity contribution in [3.05, 3.63) is 33.3 Å². The van der Waals surface area contributed by atoms with Crippen LogP contribution in [0.5, 0.6) is 0 Å². The lowest BCUT2D eigenvalue weighted by atomic mass is 10.2. The summed E-state index contributed by atoms with van der Waals surface area (Å²) in [5, 5.41) is 0.772. The standard InChI is InChI=1S/C11H17BrClN3/c12-10-2-1-9(11(13)7-10)8-16(5-3-14)6-4-15/h1-2,7H,3-6,8,14-15H2. The first-order chi connectivity index (χ1) is 7.67. The summed E-state index contributed by atoms with van der Waals surface area (Å²) in [6.07, 6.45) is 0. The van der Waals surface area contributed by atoms with Gasteiger partial charge in [-0.1, -0.05) is 33.6 Å². The van der Waals surface area contributed by atoms with Crippen LogP contribution in [-0.4, -0.2) is 31.1 Å². The molecule has 0 aliphatic rings. The number of hydrogen-bond donors (Lipinski definition) is 2. The van der Waals surface area contributed by atoms with Crippen molar-refractivity contribution >= 4 is 27.5 Å². The van der Waals surface area contributed by atoms with Gasteiger partial charge in [-0.05, 0) is 17.7 Å². The van der Waals surface area contributed by atoms with Crippen molar-refractivity contribution in [2.24, 2.45) is 11.5 Å². The molecular formula is C11H17BrClN3. The summed E-state index contributed by atoms with van der Waals surface area (Å²) in [7, 11) is 0. The molecule has 1 aromatic rings. The maximum absolute atomic E-state index is 6.15. The van der Waals surface area contributed by atoms with Crippen LogP contribution in [0.25, 0.3) is 0 Å². The Hall–Kier alpha value is -0.130. The Kier molecular flexibility index (Phi) is 6.31. The molecule has 1 rings (SSSR count). The second-order valence-electron chi connectivity index (χ2n) is 3.59. The summed E-state index contributed by atoms with van der Waals surface area (Å²) in [6.45, 7) is 3.73. The molecule has 0 unspecified atom stereocenters. The molecule has 0 aliphatic heterocycles. The Morgan fingerprint density at radius 1 is 1.19 bits per heavy atom. The highest BCUT2D eigenvalue weighted by Gasteiger charge is 2.07. The Labute approximate surface area is 110 Å². The Morgan fingerprint density at radius 2 is 1.81 bits per heavy atom. The number of hydrogen-bond acceptors (Lipinski definition) is 3. The highest BCUT2D eigenvalue weighted by Crippen LogP contribution is 2.22. The van der Waals surface area contributed by atoms with Gasteiger partial charge in [-0.25, -0.2) is 0 Å². The van der Waals surface area contributed by atoms with Crippen LogP contribution in [0.2, 0.25) is 5.02 Å². The fraction of sp³-hybridized carbons (Fsp3) is 0.455. The van der Waals surface area contributed by atoms with Gasteiger partial charge in [0.25, 0.3) is 0 Å². The summed E-state index contributed by atoms with van der Waals surface area (Å²) in [5.41, 5.74) is 12.2. The first kappa shape index (κ1) is 13.9. The zero-order chi connectivity index (χ0) is 12.0. The molecule has 5 heteroatoms. The Morgan fingerprint density at radius 3 is 2.31 bits per heavy atom. The van der Waals surface area contributed by atoms with Crippen LogP contribution in [0.15, 0.2) is 22.7 Å². The van der Waals surface area contributed by atoms with Crippen LogP contribution >= 0.6 is 27.5 Å². The minimum absolute atomic E-state index is 0.633. The van der Waals surface area contributed by atoms with Crippen molar-refractivity contribution in [2.45, 2.75) is 6.54 Å². The monoisotopic (exact) mass is 305 g/mol. The van der Waals surface area contributed by atoms with E-state index in [9.17, 15) is 0 Å².